The van der Waals surface area contributed by atoms with Gasteiger partial charge < -0.3 is 9.84 Å². The minimum Gasteiger partial charge on any atom is -0.493 e. The SMILES string of the molecule is CC.CC1CCC(COc2cc(F)c(C=O)cc2C2CC2)C1.CN1CCSC1.O=CO. The highest BCUT2D eigenvalue weighted by Gasteiger charge is 2.29. The summed E-state index contributed by atoms with van der Waals surface area (Å²) in [4.78, 5) is 21.5. The number of benzene rings is 1. The molecule has 176 valence electrons. The van der Waals surface area contributed by atoms with Crippen LogP contribution in [0.15, 0.2) is 12.1 Å². The van der Waals surface area contributed by atoms with Gasteiger partial charge in [0.1, 0.15) is 11.6 Å². The molecule has 0 bridgehead atoms. The van der Waals surface area contributed by atoms with Crippen LogP contribution in [0.3, 0.4) is 0 Å². The lowest BCUT2D eigenvalue weighted by atomic mass is 10.0. The van der Waals surface area contributed by atoms with Crippen molar-refractivity contribution in [2.24, 2.45) is 11.8 Å². The van der Waals surface area contributed by atoms with E-state index in [9.17, 15) is 9.18 Å². The largest absolute Gasteiger partial charge is 0.493 e. The third kappa shape index (κ3) is 10.0. The Morgan fingerprint density at radius 1 is 1.23 bits per heavy atom. The topological polar surface area (TPSA) is 66.8 Å². The van der Waals surface area contributed by atoms with E-state index in [2.05, 4.69) is 18.9 Å². The molecule has 2 atom stereocenters. The summed E-state index contributed by atoms with van der Waals surface area (Å²) in [5.41, 5.74) is 1.16. The zero-order chi connectivity index (χ0) is 23.2. The molecule has 1 aromatic rings. The van der Waals surface area contributed by atoms with Crippen LogP contribution < -0.4 is 4.74 Å². The molecule has 1 heterocycles. The maximum absolute atomic E-state index is 13.8. The van der Waals surface area contributed by atoms with Crippen molar-refractivity contribution in [3.05, 3.63) is 29.1 Å². The van der Waals surface area contributed by atoms with Gasteiger partial charge in [0, 0.05) is 24.2 Å². The van der Waals surface area contributed by atoms with Gasteiger partial charge in [-0.1, -0.05) is 27.2 Å². The molecule has 3 fully saturated rings. The molecule has 0 amide bonds. The Balaban J connectivity index is 0.000000364. The number of rotatable bonds is 5. The summed E-state index contributed by atoms with van der Waals surface area (Å²) < 4.78 is 19.7. The molecule has 0 spiro atoms. The van der Waals surface area contributed by atoms with Gasteiger partial charge in [-0.25, -0.2) is 4.39 Å². The normalized spacial score (nSPS) is 22.1. The molecule has 1 saturated heterocycles. The van der Waals surface area contributed by atoms with Crippen LogP contribution in [0.2, 0.25) is 0 Å². The average Bonchev–Trinajstić information content (AvgIpc) is 3.35. The third-order valence-electron chi connectivity index (χ3n) is 5.48. The maximum Gasteiger partial charge on any atom is 0.290 e. The highest BCUT2D eigenvalue weighted by atomic mass is 32.2. The molecule has 3 aliphatic rings. The average molecular weight is 456 g/mol. The molecule has 0 aromatic heterocycles. The van der Waals surface area contributed by atoms with Crippen molar-refractivity contribution in [2.75, 3.05) is 31.8 Å². The number of thioether (sulfide) groups is 1. The number of carbonyl (C=O) groups is 2. The molecule has 1 N–H and O–H groups in total. The number of nitrogens with zero attached hydrogens (tertiary/aromatic N) is 1. The van der Waals surface area contributed by atoms with Crippen molar-refractivity contribution in [3.8, 4) is 5.75 Å². The van der Waals surface area contributed by atoms with E-state index >= 15 is 0 Å². The number of hydrogen-bond donors (Lipinski definition) is 1. The number of halogens is 1. The van der Waals surface area contributed by atoms with E-state index < -0.39 is 5.82 Å². The van der Waals surface area contributed by atoms with Crippen molar-refractivity contribution in [1.29, 1.82) is 0 Å². The van der Waals surface area contributed by atoms with E-state index in [1.165, 1.54) is 43.5 Å². The van der Waals surface area contributed by atoms with Gasteiger partial charge in [-0.15, -0.1) is 11.8 Å². The third-order valence-corrected chi connectivity index (χ3v) is 6.57. The van der Waals surface area contributed by atoms with Crippen molar-refractivity contribution < 1.29 is 23.8 Å². The summed E-state index contributed by atoms with van der Waals surface area (Å²) in [5, 5.41) is 6.89. The summed E-state index contributed by atoms with van der Waals surface area (Å²) in [5.74, 6) is 4.56. The quantitative estimate of drug-likeness (QED) is 0.576. The summed E-state index contributed by atoms with van der Waals surface area (Å²) >= 11 is 2.01. The second-order valence-corrected chi connectivity index (χ2v) is 9.20. The molecule has 2 unspecified atom stereocenters. The first kappa shape index (κ1) is 27.4. The van der Waals surface area contributed by atoms with Crippen LogP contribution >= 0.6 is 11.8 Å². The van der Waals surface area contributed by atoms with Gasteiger partial charge in [0.05, 0.1) is 12.2 Å². The van der Waals surface area contributed by atoms with Gasteiger partial charge in [0.2, 0.25) is 0 Å². The molecular weight excluding hydrogens is 417 g/mol. The van der Waals surface area contributed by atoms with E-state index in [1.807, 2.05) is 25.6 Å². The van der Waals surface area contributed by atoms with Gasteiger partial charge in [0.25, 0.3) is 6.47 Å². The molecule has 1 aliphatic heterocycles. The summed E-state index contributed by atoms with van der Waals surface area (Å²) in [7, 11) is 2.15. The Labute approximate surface area is 190 Å². The van der Waals surface area contributed by atoms with Crippen LogP contribution in [-0.2, 0) is 4.79 Å². The van der Waals surface area contributed by atoms with E-state index in [1.54, 1.807) is 6.07 Å². The van der Waals surface area contributed by atoms with Crippen LogP contribution in [0, 0.1) is 17.7 Å². The molecule has 0 radical (unpaired) electrons. The molecule has 4 rings (SSSR count). The smallest absolute Gasteiger partial charge is 0.290 e. The zero-order valence-electron chi connectivity index (χ0n) is 19.3. The molecule has 5 nitrogen and oxygen atoms in total. The lowest BCUT2D eigenvalue weighted by molar-refractivity contribution is -0.122. The molecular formula is C24H38FNO4S. The standard InChI is InChI=1S/C17H21FO2.C4H9NS.C2H6.CH2O2/c1-11-2-3-12(6-11)10-20-17-8-16(18)14(9-19)7-15(17)13-4-5-13;1-5-2-3-6-4-5;1-2;2-1-3/h7-9,11-13H,2-6,10H2,1H3;2-4H2,1H3;1-2H3;1H,(H,2,3). The van der Waals surface area contributed by atoms with Crippen molar-refractivity contribution in [3.63, 3.8) is 0 Å². The van der Waals surface area contributed by atoms with Gasteiger partial charge >= 0.3 is 0 Å². The number of aldehydes is 1. The highest BCUT2D eigenvalue weighted by molar-refractivity contribution is 7.99. The zero-order valence-corrected chi connectivity index (χ0v) is 20.1. The van der Waals surface area contributed by atoms with Crippen LogP contribution in [0.25, 0.3) is 0 Å². The second kappa shape index (κ2) is 15.2. The first-order chi connectivity index (χ1) is 15.0. The van der Waals surface area contributed by atoms with Gasteiger partial charge in [0.15, 0.2) is 6.29 Å². The first-order valence-electron chi connectivity index (χ1n) is 11.2. The van der Waals surface area contributed by atoms with Crippen LogP contribution in [0.1, 0.15) is 74.7 Å². The predicted octanol–water partition coefficient (Wildman–Crippen LogP) is 5.68. The van der Waals surface area contributed by atoms with E-state index in [0.717, 1.165) is 24.3 Å². The number of carboxylic acid groups (broad SMARTS) is 1. The molecule has 7 heteroatoms. The molecule has 2 saturated carbocycles. The van der Waals surface area contributed by atoms with Crippen molar-refractivity contribution in [2.45, 2.75) is 58.8 Å². The van der Waals surface area contributed by atoms with Crippen molar-refractivity contribution in [1.82, 2.24) is 4.90 Å². The predicted molar refractivity (Wildman–Crippen MR) is 126 cm³/mol. The van der Waals surface area contributed by atoms with Gasteiger partial charge in [-0.2, -0.15) is 0 Å². The summed E-state index contributed by atoms with van der Waals surface area (Å²) in [6.07, 6.45) is 6.48. The number of ether oxygens (including phenoxy) is 1. The Kier molecular flexibility index (Phi) is 13.5. The van der Waals surface area contributed by atoms with Crippen LogP contribution in [0.4, 0.5) is 4.39 Å². The molecule has 31 heavy (non-hydrogen) atoms. The fraction of sp³-hybridized carbons (Fsp3) is 0.667. The molecule has 2 aliphatic carbocycles. The highest BCUT2D eigenvalue weighted by Crippen LogP contribution is 2.45. The fourth-order valence-electron chi connectivity index (χ4n) is 3.71. The van der Waals surface area contributed by atoms with Gasteiger partial charge in [-0.05, 0) is 62.1 Å². The number of hydrogen-bond acceptors (Lipinski definition) is 5. The van der Waals surface area contributed by atoms with Crippen LogP contribution in [0.5, 0.6) is 5.75 Å². The van der Waals surface area contributed by atoms with E-state index in [-0.39, 0.29) is 12.0 Å². The first-order valence-corrected chi connectivity index (χ1v) is 12.4. The van der Waals surface area contributed by atoms with Gasteiger partial charge in [-0.3, -0.25) is 14.5 Å². The fourth-order valence-corrected chi connectivity index (χ4v) is 4.72. The second-order valence-electron chi connectivity index (χ2n) is 8.12. The minimum atomic E-state index is -0.473. The summed E-state index contributed by atoms with van der Waals surface area (Å²) in [6, 6.07) is 3.07. The minimum absolute atomic E-state index is 0.147. The van der Waals surface area contributed by atoms with E-state index in [0.29, 0.717) is 30.5 Å². The lowest BCUT2D eigenvalue weighted by Crippen LogP contribution is -2.11. The Morgan fingerprint density at radius 2 is 1.90 bits per heavy atom. The Hall–Kier alpha value is -1.60. The monoisotopic (exact) mass is 455 g/mol. The molecule has 1 aromatic carbocycles. The van der Waals surface area contributed by atoms with E-state index in [4.69, 9.17) is 14.6 Å². The van der Waals surface area contributed by atoms with Crippen molar-refractivity contribution >= 4 is 24.5 Å². The summed E-state index contributed by atoms with van der Waals surface area (Å²) in [6.45, 7) is 7.97. The Morgan fingerprint density at radius 3 is 2.32 bits per heavy atom. The lowest BCUT2D eigenvalue weighted by Gasteiger charge is -2.15. The number of carbonyl (C=O) groups excluding carboxylic acids is 1. The van der Waals surface area contributed by atoms with Crippen LogP contribution in [-0.4, -0.2) is 54.6 Å². The Bertz CT molecular complexity index is 663. The maximum atomic E-state index is 13.8.